The predicted molar refractivity (Wildman–Crippen MR) is 88.5 cm³/mol. The third kappa shape index (κ3) is 4.76. The molecule has 1 aromatic rings. The van der Waals surface area contributed by atoms with Crippen molar-refractivity contribution in [3.63, 3.8) is 0 Å². The second-order valence-corrected chi connectivity index (χ2v) is 7.08. The Kier molecular flexibility index (Phi) is 6.42. The fourth-order valence-corrected chi connectivity index (χ4v) is 3.83. The van der Waals surface area contributed by atoms with E-state index in [2.05, 4.69) is 11.6 Å². The zero-order valence-corrected chi connectivity index (χ0v) is 13.6. The maximum Gasteiger partial charge on any atom is 0.242 e. The molecule has 0 fully saturated rings. The summed E-state index contributed by atoms with van der Waals surface area (Å²) in [7, 11) is -3.57. The Labute approximate surface area is 126 Å². The number of aryl methyl sites for hydroxylation is 1. The molecule has 0 heterocycles. The van der Waals surface area contributed by atoms with Crippen molar-refractivity contribution in [3.8, 4) is 0 Å². The van der Waals surface area contributed by atoms with Crippen molar-refractivity contribution in [2.75, 3.05) is 4.72 Å². The van der Waals surface area contributed by atoms with E-state index < -0.39 is 15.3 Å². The molecule has 3 N–H and O–H groups in total. The van der Waals surface area contributed by atoms with Crippen molar-refractivity contribution in [1.29, 1.82) is 0 Å². The van der Waals surface area contributed by atoms with E-state index in [0.29, 0.717) is 12.1 Å². The number of nitrogens with two attached hydrogens (primary N) is 1. The summed E-state index contributed by atoms with van der Waals surface area (Å²) in [6.07, 6.45) is 3.64. The molecule has 0 spiro atoms. The predicted octanol–water partition coefficient (Wildman–Crippen LogP) is 2.84. The van der Waals surface area contributed by atoms with Crippen LogP contribution in [0.1, 0.15) is 38.7 Å². The van der Waals surface area contributed by atoms with Crippen LogP contribution in [0, 0.1) is 0 Å². The summed E-state index contributed by atoms with van der Waals surface area (Å²) in [5.41, 5.74) is 7.22. The Hall–Kier alpha value is -1.14. The lowest BCUT2D eigenvalue weighted by Crippen LogP contribution is -2.37. The molecule has 1 aromatic carbocycles. The van der Waals surface area contributed by atoms with Gasteiger partial charge in [0.15, 0.2) is 0 Å². The van der Waals surface area contributed by atoms with Gasteiger partial charge in [0.2, 0.25) is 10.0 Å². The number of thiocarbonyl (C=S) groups is 1. The number of benzene rings is 1. The molecule has 112 valence electrons. The van der Waals surface area contributed by atoms with Gasteiger partial charge in [-0.05, 0) is 37.0 Å². The number of anilines is 1. The van der Waals surface area contributed by atoms with Crippen molar-refractivity contribution in [2.24, 2.45) is 5.73 Å². The highest BCUT2D eigenvalue weighted by atomic mass is 32.2. The minimum Gasteiger partial charge on any atom is -0.392 e. The van der Waals surface area contributed by atoms with Crippen LogP contribution in [0.2, 0.25) is 0 Å². The van der Waals surface area contributed by atoms with Gasteiger partial charge in [0, 0.05) is 5.69 Å². The van der Waals surface area contributed by atoms with Gasteiger partial charge < -0.3 is 5.73 Å². The summed E-state index contributed by atoms with van der Waals surface area (Å²) >= 11 is 4.81. The van der Waals surface area contributed by atoms with Crippen LogP contribution < -0.4 is 10.5 Å². The van der Waals surface area contributed by atoms with Crippen molar-refractivity contribution in [1.82, 2.24) is 0 Å². The highest BCUT2D eigenvalue weighted by molar-refractivity contribution is 7.95. The molecule has 0 aliphatic heterocycles. The van der Waals surface area contributed by atoms with Crippen LogP contribution in [0.4, 0.5) is 5.69 Å². The van der Waals surface area contributed by atoms with Gasteiger partial charge in [0.05, 0.1) is 4.99 Å². The van der Waals surface area contributed by atoms with Crippen LogP contribution in [-0.4, -0.2) is 18.7 Å². The zero-order valence-electron chi connectivity index (χ0n) is 11.9. The van der Waals surface area contributed by atoms with E-state index in [4.69, 9.17) is 18.0 Å². The minimum atomic E-state index is -3.57. The third-order valence-electron chi connectivity index (χ3n) is 3.10. The quantitative estimate of drug-likeness (QED) is 0.724. The average molecular weight is 314 g/mol. The number of unbranched alkanes of at least 4 members (excludes halogenated alkanes) is 1. The first-order valence-electron chi connectivity index (χ1n) is 6.80. The third-order valence-corrected chi connectivity index (χ3v) is 5.39. The van der Waals surface area contributed by atoms with E-state index in [1.54, 1.807) is 19.1 Å². The lowest BCUT2D eigenvalue weighted by atomic mass is 10.1. The maximum atomic E-state index is 12.2. The first-order valence-corrected chi connectivity index (χ1v) is 8.76. The van der Waals surface area contributed by atoms with Crippen LogP contribution >= 0.6 is 12.2 Å². The monoisotopic (exact) mass is 314 g/mol. The van der Waals surface area contributed by atoms with Crippen LogP contribution in [0.5, 0.6) is 0 Å². The second kappa shape index (κ2) is 7.59. The molecule has 20 heavy (non-hydrogen) atoms. The molecule has 0 aliphatic rings. The Balaban J connectivity index is 2.79. The molecule has 0 radical (unpaired) electrons. The Bertz CT molecular complexity index is 539. The summed E-state index contributed by atoms with van der Waals surface area (Å²) in [6.45, 7) is 3.89. The lowest BCUT2D eigenvalue weighted by Gasteiger charge is -2.16. The van der Waals surface area contributed by atoms with E-state index in [0.717, 1.165) is 19.3 Å². The van der Waals surface area contributed by atoms with Crippen molar-refractivity contribution in [2.45, 2.75) is 44.8 Å². The summed E-state index contributed by atoms with van der Waals surface area (Å²) in [4.78, 5) is -0.000402. The molecule has 0 aliphatic carbocycles. The molecule has 0 saturated carbocycles. The summed E-state index contributed by atoms with van der Waals surface area (Å²) in [6, 6.07) is 7.42. The molecule has 0 bridgehead atoms. The molecule has 0 amide bonds. The lowest BCUT2D eigenvalue weighted by molar-refractivity contribution is 0.594. The highest BCUT2D eigenvalue weighted by Gasteiger charge is 2.26. The maximum absolute atomic E-state index is 12.2. The summed E-state index contributed by atoms with van der Waals surface area (Å²) in [5.74, 6) is 0. The smallest absolute Gasteiger partial charge is 0.242 e. The second-order valence-electron chi connectivity index (χ2n) is 4.75. The van der Waals surface area contributed by atoms with E-state index >= 15 is 0 Å². The van der Waals surface area contributed by atoms with Gasteiger partial charge >= 0.3 is 0 Å². The van der Waals surface area contributed by atoms with Crippen LogP contribution in [-0.2, 0) is 16.4 Å². The van der Waals surface area contributed by atoms with Crippen molar-refractivity contribution >= 4 is 32.9 Å². The number of rotatable bonds is 8. The standard InChI is InChI=1S/C14H22N2O2S2/c1-3-5-6-11-7-9-12(10-8-11)16-20(17,18)13(4-2)14(15)19/h7-10,13,16H,3-6H2,1-2H3,(H2,15,19). The van der Waals surface area contributed by atoms with Crippen LogP contribution in [0.3, 0.4) is 0 Å². The van der Waals surface area contributed by atoms with Crippen molar-refractivity contribution < 1.29 is 8.42 Å². The Morgan fingerprint density at radius 1 is 1.30 bits per heavy atom. The van der Waals surface area contributed by atoms with Gasteiger partial charge in [-0.15, -0.1) is 0 Å². The van der Waals surface area contributed by atoms with Gasteiger partial charge in [0.1, 0.15) is 5.25 Å². The zero-order chi connectivity index (χ0) is 15.2. The molecule has 1 atom stereocenters. The first-order chi connectivity index (χ1) is 9.40. The van der Waals surface area contributed by atoms with Gasteiger partial charge in [-0.25, -0.2) is 8.42 Å². The van der Waals surface area contributed by atoms with E-state index in [9.17, 15) is 8.42 Å². The average Bonchev–Trinajstić information content (AvgIpc) is 2.37. The normalized spacial score (nSPS) is 12.9. The van der Waals surface area contributed by atoms with Crippen LogP contribution in [0.15, 0.2) is 24.3 Å². The van der Waals surface area contributed by atoms with E-state index in [1.165, 1.54) is 5.56 Å². The molecule has 1 rings (SSSR count). The summed E-state index contributed by atoms with van der Waals surface area (Å²) < 4.78 is 26.8. The fourth-order valence-electron chi connectivity index (χ4n) is 1.93. The fraction of sp³-hybridized carbons (Fsp3) is 0.500. The molecule has 6 heteroatoms. The number of nitrogens with one attached hydrogen (secondary N) is 1. The van der Waals surface area contributed by atoms with Gasteiger partial charge in [0.25, 0.3) is 0 Å². The molecular formula is C14H22N2O2S2. The van der Waals surface area contributed by atoms with Crippen molar-refractivity contribution in [3.05, 3.63) is 29.8 Å². The van der Waals surface area contributed by atoms with Crippen LogP contribution in [0.25, 0.3) is 0 Å². The SMILES string of the molecule is CCCCc1ccc(NS(=O)(=O)C(CC)C(N)=S)cc1. The molecule has 4 nitrogen and oxygen atoms in total. The van der Waals surface area contributed by atoms with Gasteiger partial charge in [-0.2, -0.15) is 0 Å². The molecule has 0 aromatic heterocycles. The number of sulfonamides is 1. The van der Waals surface area contributed by atoms with E-state index in [-0.39, 0.29) is 4.99 Å². The largest absolute Gasteiger partial charge is 0.392 e. The summed E-state index contributed by atoms with van der Waals surface area (Å²) in [5, 5.41) is -0.836. The topological polar surface area (TPSA) is 72.2 Å². The van der Waals surface area contributed by atoms with Gasteiger partial charge in [-0.1, -0.05) is 44.6 Å². The number of hydrogen-bond acceptors (Lipinski definition) is 3. The number of hydrogen-bond donors (Lipinski definition) is 2. The molecular weight excluding hydrogens is 292 g/mol. The minimum absolute atomic E-state index is 0.000402. The van der Waals surface area contributed by atoms with E-state index in [1.807, 2.05) is 12.1 Å². The molecule has 1 unspecified atom stereocenters. The Morgan fingerprint density at radius 3 is 2.35 bits per heavy atom. The Morgan fingerprint density at radius 2 is 1.90 bits per heavy atom. The van der Waals surface area contributed by atoms with Gasteiger partial charge in [-0.3, -0.25) is 4.72 Å². The first kappa shape index (κ1) is 16.9. The molecule has 0 saturated heterocycles. The highest BCUT2D eigenvalue weighted by Crippen LogP contribution is 2.16.